The highest BCUT2D eigenvalue weighted by Crippen LogP contribution is 2.39. The van der Waals surface area contributed by atoms with Gasteiger partial charge < -0.3 is 4.90 Å². The van der Waals surface area contributed by atoms with Crippen LogP contribution in [0, 0.1) is 5.41 Å². The number of halogens is 1. The number of rotatable bonds is 3. The number of anilines is 1. The van der Waals surface area contributed by atoms with Gasteiger partial charge >= 0.3 is 0 Å². The van der Waals surface area contributed by atoms with E-state index in [-0.39, 0.29) is 0 Å². The number of hydrogen-bond acceptors (Lipinski definition) is 2. The van der Waals surface area contributed by atoms with Gasteiger partial charge in [-0.05, 0) is 43.2 Å². The second-order valence-electron chi connectivity index (χ2n) is 6.30. The lowest BCUT2D eigenvalue weighted by molar-refractivity contribution is 0.112. The number of benzene rings is 1. The number of carbonyl (C=O) groups is 1. The van der Waals surface area contributed by atoms with E-state index in [1.807, 2.05) is 18.2 Å². The first kappa shape index (κ1) is 14.4. The van der Waals surface area contributed by atoms with Crippen LogP contribution in [0.5, 0.6) is 0 Å². The van der Waals surface area contributed by atoms with Crippen molar-refractivity contribution in [2.45, 2.75) is 45.6 Å². The van der Waals surface area contributed by atoms with Crippen molar-refractivity contribution in [2.75, 3.05) is 11.9 Å². The Bertz CT molecular complexity index is 460. The van der Waals surface area contributed by atoms with Gasteiger partial charge in [-0.3, -0.25) is 4.79 Å². The fourth-order valence-electron chi connectivity index (χ4n) is 2.95. The van der Waals surface area contributed by atoms with E-state index < -0.39 is 0 Å². The van der Waals surface area contributed by atoms with Gasteiger partial charge in [0.15, 0.2) is 6.29 Å². The third kappa shape index (κ3) is 3.11. The highest BCUT2D eigenvalue weighted by Gasteiger charge is 2.30. The van der Waals surface area contributed by atoms with E-state index in [1.165, 1.54) is 12.8 Å². The maximum atomic E-state index is 11.2. The molecule has 1 saturated carbocycles. The zero-order chi connectivity index (χ0) is 14.0. The fraction of sp³-hybridized carbons (Fsp3) is 0.562. The molecular weight excluding hydrogens is 258 g/mol. The fourth-order valence-corrected chi connectivity index (χ4v) is 3.27. The van der Waals surface area contributed by atoms with Crippen molar-refractivity contribution in [1.82, 2.24) is 0 Å². The van der Waals surface area contributed by atoms with Gasteiger partial charge in [-0.25, -0.2) is 0 Å². The smallest absolute Gasteiger partial charge is 0.152 e. The summed E-state index contributed by atoms with van der Waals surface area (Å²) in [4.78, 5) is 13.4. The van der Waals surface area contributed by atoms with Crippen molar-refractivity contribution < 1.29 is 4.79 Å². The third-order valence-electron chi connectivity index (χ3n) is 4.35. The van der Waals surface area contributed by atoms with Crippen molar-refractivity contribution in [3.8, 4) is 0 Å². The number of para-hydroxylation sites is 1. The molecule has 2 rings (SSSR count). The van der Waals surface area contributed by atoms with Gasteiger partial charge in [0.05, 0.1) is 10.7 Å². The van der Waals surface area contributed by atoms with E-state index in [1.54, 1.807) is 0 Å². The summed E-state index contributed by atoms with van der Waals surface area (Å²) in [5, 5.41) is 0.664. The molecule has 1 aliphatic rings. The molecule has 104 valence electrons. The van der Waals surface area contributed by atoms with Crippen molar-refractivity contribution in [3.05, 3.63) is 28.8 Å². The quantitative estimate of drug-likeness (QED) is 0.756. The molecule has 0 bridgehead atoms. The van der Waals surface area contributed by atoms with Crippen molar-refractivity contribution in [1.29, 1.82) is 0 Å². The molecule has 0 heterocycles. The molecule has 1 aliphatic carbocycles. The maximum absolute atomic E-state index is 11.2. The highest BCUT2D eigenvalue weighted by molar-refractivity contribution is 6.33. The molecule has 1 aromatic carbocycles. The van der Waals surface area contributed by atoms with Gasteiger partial charge in [-0.1, -0.05) is 31.5 Å². The molecule has 19 heavy (non-hydrogen) atoms. The Kier molecular flexibility index (Phi) is 4.19. The first-order valence-electron chi connectivity index (χ1n) is 6.91. The van der Waals surface area contributed by atoms with E-state index in [4.69, 9.17) is 11.6 Å². The predicted molar refractivity (Wildman–Crippen MR) is 81.3 cm³/mol. The summed E-state index contributed by atoms with van der Waals surface area (Å²) in [6.07, 6.45) is 5.66. The summed E-state index contributed by atoms with van der Waals surface area (Å²) in [6, 6.07) is 5.99. The van der Waals surface area contributed by atoms with Crippen LogP contribution in [0.3, 0.4) is 0 Å². The standard InChI is InChI=1S/C16H22ClNO/c1-16(2)9-7-13(8-10-16)18(3)15-12(11-19)5-4-6-14(15)17/h4-6,11,13H,7-10H2,1-3H3. The number of carbonyl (C=O) groups excluding carboxylic acids is 1. The second-order valence-corrected chi connectivity index (χ2v) is 6.71. The molecule has 0 aliphatic heterocycles. The third-order valence-corrected chi connectivity index (χ3v) is 4.66. The minimum Gasteiger partial charge on any atom is -0.370 e. The summed E-state index contributed by atoms with van der Waals surface area (Å²) in [5.74, 6) is 0. The van der Waals surface area contributed by atoms with Crippen LogP contribution in [0.25, 0.3) is 0 Å². The van der Waals surface area contributed by atoms with Gasteiger partial charge in [-0.2, -0.15) is 0 Å². The summed E-state index contributed by atoms with van der Waals surface area (Å²) in [6.45, 7) is 4.66. The lowest BCUT2D eigenvalue weighted by Gasteiger charge is -2.40. The molecule has 0 radical (unpaired) electrons. The number of hydrogen-bond donors (Lipinski definition) is 0. The Morgan fingerprint density at radius 2 is 1.95 bits per heavy atom. The molecule has 0 atom stereocenters. The molecule has 0 spiro atoms. The summed E-state index contributed by atoms with van der Waals surface area (Å²) < 4.78 is 0. The SMILES string of the molecule is CN(c1c(Cl)cccc1C=O)C1CCC(C)(C)CC1. The van der Waals surface area contributed by atoms with Gasteiger partial charge in [-0.15, -0.1) is 0 Å². The number of nitrogens with zero attached hydrogens (tertiary/aromatic N) is 1. The van der Waals surface area contributed by atoms with Gasteiger partial charge in [0, 0.05) is 18.7 Å². The van der Waals surface area contributed by atoms with Crippen molar-refractivity contribution in [3.63, 3.8) is 0 Å². The summed E-state index contributed by atoms with van der Waals surface area (Å²) >= 11 is 6.28. The predicted octanol–water partition coefficient (Wildman–Crippen LogP) is 4.56. The summed E-state index contributed by atoms with van der Waals surface area (Å²) in [7, 11) is 2.05. The van der Waals surface area contributed by atoms with E-state index >= 15 is 0 Å². The zero-order valence-corrected chi connectivity index (χ0v) is 12.7. The van der Waals surface area contributed by atoms with Gasteiger partial charge in [0.25, 0.3) is 0 Å². The normalized spacial score (nSPS) is 19.2. The van der Waals surface area contributed by atoms with Crippen molar-refractivity contribution in [2.24, 2.45) is 5.41 Å². The number of aldehydes is 1. The van der Waals surface area contributed by atoms with Crippen LogP contribution < -0.4 is 4.90 Å². The Morgan fingerprint density at radius 1 is 1.32 bits per heavy atom. The van der Waals surface area contributed by atoms with E-state index in [2.05, 4.69) is 25.8 Å². The molecule has 0 unspecified atom stereocenters. The average molecular weight is 280 g/mol. The minimum atomic E-state index is 0.450. The van der Waals surface area contributed by atoms with Crippen LogP contribution in [-0.4, -0.2) is 19.4 Å². The molecular formula is C16H22ClNO. The minimum absolute atomic E-state index is 0.450. The second kappa shape index (κ2) is 5.54. The van der Waals surface area contributed by atoms with Crippen LogP contribution in [0.1, 0.15) is 49.9 Å². The van der Waals surface area contributed by atoms with Crippen LogP contribution in [0.4, 0.5) is 5.69 Å². The van der Waals surface area contributed by atoms with Crippen LogP contribution in [0.2, 0.25) is 5.02 Å². The summed E-state index contributed by atoms with van der Waals surface area (Å²) in [5.41, 5.74) is 2.01. The lowest BCUT2D eigenvalue weighted by atomic mass is 9.75. The Labute approximate surface area is 120 Å². The van der Waals surface area contributed by atoms with Gasteiger partial charge in [0.2, 0.25) is 0 Å². The molecule has 0 amide bonds. The van der Waals surface area contributed by atoms with E-state index in [9.17, 15) is 4.79 Å². The van der Waals surface area contributed by atoms with E-state index in [0.29, 0.717) is 22.0 Å². The molecule has 3 heteroatoms. The first-order valence-corrected chi connectivity index (χ1v) is 7.29. The Balaban J connectivity index is 2.21. The Hall–Kier alpha value is -1.02. The largest absolute Gasteiger partial charge is 0.370 e. The monoisotopic (exact) mass is 279 g/mol. The van der Waals surface area contributed by atoms with Crippen LogP contribution in [0.15, 0.2) is 18.2 Å². The molecule has 1 fully saturated rings. The molecule has 0 saturated heterocycles. The zero-order valence-electron chi connectivity index (χ0n) is 11.9. The Morgan fingerprint density at radius 3 is 2.53 bits per heavy atom. The molecule has 0 N–H and O–H groups in total. The van der Waals surface area contributed by atoms with Crippen molar-refractivity contribution >= 4 is 23.6 Å². The van der Waals surface area contributed by atoms with E-state index in [0.717, 1.165) is 24.8 Å². The van der Waals surface area contributed by atoms with Crippen LogP contribution >= 0.6 is 11.6 Å². The van der Waals surface area contributed by atoms with Gasteiger partial charge in [0.1, 0.15) is 0 Å². The topological polar surface area (TPSA) is 20.3 Å². The molecule has 1 aromatic rings. The maximum Gasteiger partial charge on any atom is 0.152 e. The lowest BCUT2D eigenvalue weighted by Crippen LogP contribution is -2.37. The first-order chi connectivity index (χ1) is 8.94. The molecule has 2 nitrogen and oxygen atoms in total. The highest BCUT2D eigenvalue weighted by atomic mass is 35.5. The average Bonchev–Trinajstić information content (AvgIpc) is 2.37. The van der Waals surface area contributed by atoms with Crippen LogP contribution in [-0.2, 0) is 0 Å². The molecule has 0 aromatic heterocycles.